The number of hydrogen-bond donors (Lipinski definition) is 1. The van der Waals surface area contributed by atoms with Crippen LogP contribution in [0.1, 0.15) is 5.56 Å². The summed E-state index contributed by atoms with van der Waals surface area (Å²) in [6.45, 7) is 0.143. The molecule has 0 bridgehead atoms. The first-order valence-electron chi connectivity index (χ1n) is 7.88. The third-order valence-electron chi connectivity index (χ3n) is 4.07. The fraction of sp³-hybridized carbons (Fsp3) is 0.294. The van der Waals surface area contributed by atoms with E-state index in [9.17, 15) is 9.59 Å². The third-order valence-corrected chi connectivity index (χ3v) is 4.07. The van der Waals surface area contributed by atoms with Crippen molar-refractivity contribution < 1.29 is 14.3 Å². The Morgan fingerprint density at radius 1 is 1.27 bits per heavy atom. The quantitative estimate of drug-likeness (QED) is 0.688. The number of carbonyl (C=O) groups excluding carboxylic acids is 1. The van der Waals surface area contributed by atoms with Gasteiger partial charge in [0, 0.05) is 25.2 Å². The van der Waals surface area contributed by atoms with Gasteiger partial charge in [-0.25, -0.2) is 14.8 Å². The van der Waals surface area contributed by atoms with Crippen LogP contribution in [0.3, 0.4) is 0 Å². The lowest BCUT2D eigenvalue weighted by Gasteiger charge is -2.11. The van der Waals surface area contributed by atoms with Crippen molar-refractivity contribution in [1.29, 1.82) is 0 Å². The first-order chi connectivity index (χ1) is 12.5. The molecule has 3 rings (SSSR count). The van der Waals surface area contributed by atoms with Crippen molar-refractivity contribution in [1.82, 2.24) is 24.4 Å². The van der Waals surface area contributed by atoms with Crippen molar-refractivity contribution in [2.45, 2.75) is 13.1 Å². The second-order valence-corrected chi connectivity index (χ2v) is 5.61. The van der Waals surface area contributed by atoms with Gasteiger partial charge in [0.15, 0.2) is 5.65 Å². The van der Waals surface area contributed by atoms with E-state index in [1.165, 1.54) is 21.7 Å². The molecule has 26 heavy (non-hydrogen) atoms. The van der Waals surface area contributed by atoms with Crippen molar-refractivity contribution in [2.24, 2.45) is 7.05 Å². The molecule has 2 heterocycles. The maximum atomic E-state index is 12.3. The van der Waals surface area contributed by atoms with Gasteiger partial charge in [-0.2, -0.15) is 0 Å². The van der Waals surface area contributed by atoms with Crippen molar-refractivity contribution in [3.05, 3.63) is 46.8 Å². The number of fused-ring (bicyclic) bond motifs is 1. The summed E-state index contributed by atoms with van der Waals surface area (Å²) in [6.07, 6.45) is 2.88. The molecule has 1 aromatic carbocycles. The summed E-state index contributed by atoms with van der Waals surface area (Å²) in [7, 11) is 4.73. The van der Waals surface area contributed by atoms with Crippen molar-refractivity contribution >= 4 is 17.1 Å². The molecule has 0 fully saturated rings. The fourth-order valence-electron chi connectivity index (χ4n) is 2.68. The van der Waals surface area contributed by atoms with Gasteiger partial charge in [0.05, 0.1) is 20.4 Å². The molecule has 0 saturated heterocycles. The first kappa shape index (κ1) is 17.5. The number of hydrogen-bond acceptors (Lipinski definition) is 6. The van der Waals surface area contributed by atoms with Gasteiger partial charge < -0.3 is 14.8 Å². The average molecular weight is 357 g/mol. The molecule has 0 spiro atoms. The highest BCUT2D eigenvalue weighted by atomic mass is 16.5. The Morgan fingerprint density at radius 3 is 2.81 bits per heavy atom. The van der Waals surface area contributed by atoms with E-state index in [2.05, 4.69) is 15.3 Å². The van der Waals surface area contributed by atoms with Crippen molar-refractivity contribution in [3.63, 3.8) is 0 Å². The van der Waals surface area contributed by atoms with Crippen LogP contribution in [-0.4, -0.2) is 39.2 Å². The van der Waals surface area contributed by atoms with Gasteiger partial charge >= 0.3 is 5.69 Å². The molecule has 0 radical (unpaired) electrons. The highest BCUT2D eigenvalue weighted by molar-refractivity contribution is 5.79. The molecule has 3 aromatic rings. The van der Waals surface area contributed by atoms with Crippen LogP contribution in [0, 0.1) is 0 Å². The molecule has 0 atom stereocenters. The lowest BCUT2D eigenvalue weighted by atomic mass is 10.2. The van der Waals surface area contributed by atoms with E-state index in [1.807, 2.05) is 6.07 Å². The molecule has 0 aliphatic carbocycles. The van der Waals surface area contributed by atoms with Crippen LogP contribution in [0.4, 0.5) is 0 Å². The number of rotatable bonds is 6. The minimum absolute atomic E-state index is 0.123. The highest BCUT2D eigenvalue weighted by Crippen LogP contribution is 2.24. The maximum absolute atomic E-state index is 12.3. The number of nitrogens with zero attached hydrogens (tertiary/aromatic N) is 4. The standard InChI is InChI=1S/C17H19N5O4/c1-21-16-13(8-18-10-20-16)22(17(21)24)9-15(23)19-7-11-4-5-12(25-2)6-14(11)26-3/h4-6,8,10H,7,9H2,1-3H3,(H,19,23). The van der Waals surface area contributed by atoms with Crippen LogP contribution >= 0.6 is 0 Å². The summed E-state index contributed by atoms with van der Waals surface area (Å²) < 4.78 is 13.2. The van der Waals surface area contributed by atoms with Crippen molar-refractivity contribution in [2.75, 3.05) is 14.2 Å². The zero-order chi connectivity index (χ0) is 18.7. The third kappa shape index (κ3) is 3.23. The number of benzene rings is 1. The normalized spacial score (nSPS) is 10.7. The second-order valence-electron chi connectivity index (χ2n) is 5.61. The lowest BCUT2D eigenvalue weighted by molar-refractivity contribution is -0.121. The number of aromatic nitrogens is 4. The zero-order valence-electron chi connectivity index (χ0n) is 14.7. The highest BCUT2D eigenvalue weighted by Gasteiger charge is 2.15. The molecule has 0 aliphatic heterocycles. The number of amides is 1. The van der Waals surface area contributed by atoms with E-state index in [0.29, 0.717) is 22.7 Å². The Hall–Kier alpha value is -3.36. The van der Waals surface area contributed by atoms with Gasteiger partial charge in [-0.15, -0.1) is 0 Å². The Bertz CT molecular complexity index is 1010. The molecule has 0 saturated carbocycles. The molecule has 2 aromatic heterocycles. The number of ether oxygens (including phenoxy) is 2. The molecule has 136 valence electrons. The molecule has 0 aliphatic rings. The van der Waals surface area contributed by atoms with Gasteiger partial charge in [-0.3, -0.25) is 13.9 Å². The van der Waals surface area contributed by atoms with Gasteiger partial charge in [-0.05, 0) is 12.1 Å². The van der Waals surface area contributed by atoms with Crippen LogP contribution < -0.4 is 20.5 Å². The average Bonchev–Trinajstić information content (AvgIpc) is 2.91. The number of nitrogens with one attached hydrogen (secondary N) is 1. The van der Waals surface area contributed by atoms with Crippen LogP contribution in [0.25, 0.3) is 11.2 Å². The van der Waals surface area contributed by atoms with Crippen LogP contribution in [0.5, 0.6) is 11.5 Å². The molecule has 1 N–H and O–H groups in total. The van der Waals surface area contributed by atoms with Crippen LogP contribution in [-0.2, 0) is 24.9 Å². The molecular formula is C17H19N5O4. The molecule has 1 amide bonds. The number of methoxy groups -OCH3 is 2. The second kappa shape index (κ2) is 7.26. The summed E-state index contributed by atoms with van der Waals surface area (Å²) in [5, 5.41) is 2.79. The SMILES string of the molecule is COc1ccc(CNC(=O)Cn2c(=O)n(C)c3ncncc32)c(OC)c1. The van der Waals surface area contributed by atoms with Crippen molar-refractivity contribution in [3.8, 4) is 11.5 Å². The molecule has 9 nitrogen and oxygen atoms in total. The maximum Gasteiger partial charge on any atom is 0.330 e. The molecular weight excluding hydrogens is 338 g/mol. The number of imidazole rings is 1. The summed E-state index contributed by atoms with van der Waals surface area (Å²) in [6, 6.07) is 5.35. The largest absolute Gasteiger partial charge is 0.497 e. The fourth-order valence-corrected chi connectivity index (χ4v) is 2.68. The number of carbonyl (C=O) groups is 1. The van der Waals surface area contributed by atoms with E-state index in [1.54, 1.807) is 33.4 Å². The predicted octanol–water partition coefficient (Wildman–Crippen LogP) is 0.464. The lowest BCUT2D eigenvalue weighted by Crippen LogP contribution is -2.32. The summed E-state index contributed by atoms with van der Waals surface area (Å²) in [5.41, 5.74) is 1.47. The summed E-state index contributed by atoms with van der Waals surface area (Å²) in [5.74, 6) is 0.973. The minimum atomic E-state index is -0.322. The Kier molecular flexibility index (Phi) is 4.87. The van der Waals surface area contributed by atoms with E-state index >= 15 is 0 Å². The first-order valence-corrected chi connectivity index (χ1v) is 7.88. The van der Waals surface area contributed by atoms with E-state index in [-0.39, 0.29) is 24.7 Å². The molecule has 9 heteroatoms. The van der Waals surface area contributed by atoms with E-state index in [4.69, 9.17) is 9.47 Å². The van der Waals surface area contributed by atoms with E-state index in [0.717, 1.165) is 5.56 Å². The predicted molar refractivity (Wildman–Crippen MR) is 94.2 cm³/mol. The zero-order valence-corrected chi connectivity index (χ0v) is 14.7. The smallest absolute Gasteiger partial charge is 0.330 e. The van der Waals surface area contributed by atoms with Gasteiger partial charge in [-0.1, -0.05) is 0 Å². The topological polar surface area (TPSA) is 100 Å². The van der Waals surface area contributed by atoms with Gasteiger partial charge in [0.25, 0.3) is 0 Å². The molecule has 0 unspecified atom stereocenters. The van der Waals surface area contributed by atoms with Crippen LogP contribution in [0.15, 0.2) is 35.5 Å². The summed E-state index contributed by atoms with van der Waals surface area (Å²) >= 11 is 0. The summed E-state index contributed by atoms with van der Waals surface area (Å²) in [4.78, 5) is 32.6. The van der Waals surface area contributed by atoms with E-state index < -0.39 is 0 Å². The minimum Gasteiger partial charge on any atom is -0.497 e. The Balaban J connectivity index is 1.75. The number of aryl methyl sites for hydroxylation is 1. The monoisotopic (exact) mass is 357 g/mol. The van der Waals surface area contributed by atoms with Gasteiger partial charge in [0.2, 0.25) is 5.91 Å². The Labute approximate surface area is 149 Å². The van der Waals surface area contributed by atoms with Crippen LogP contribution in [0.2, 0.25) is 0 Å². The van der Waals surface area contributed by atoms with Gasteiger partial charge in [0.1, 0.15) is 29.9 Å². The Morgan fingerprint density at radius 2 is 2.08 bits per heavy atom.